The number of hydrazone groups is 1. The van der Waals surface area contributed by atoms with Gasteiger partial charge in [0.05, 0.1) is 26.6 Å². The Labute approximate surface area is 241 Å². The first kappa shape index (κ1) is 26.0. The Kier molecular flexibility index (Phi) is 8.09. The Hall–Kier alpha value is -3.63. The van der Waals surface area contributed by atoms with Crippen LogP contribution in [0.15, 0.2) is 107 Å². The van der Waals surface area contributed by atoms with Crippen molar-refractivity contribution < 1.29 is 13.9 Å². The van der Waals surface area contributed by atoms with Crippen molar-refractivity contribution in [3.05, 3.63) is 128 Å². The van der Waals surface area contributed by atoms with Gasteiger partial charge in [-0.2, -0.15) is 5.10 Å². The molecule has 5 aromatic rings. The Balaban J connectivity index is 1.41. The fraction of sp³-hybridized carbons (Fsp3) is 0.0333. The van der Waals surface area contributed by atoms with Crippen LogP contribution in [-0.2, 0) is 6.61 Å². The summed E-state index contributed by atoms with van der Waals surface area (Å²) in [6, 6.07) is 29.2. The second-order valence-electron chi connectivity index (χ2n) is 8.32. The van der Waals surface area contributed by atoms with Crippen LogP contribution in [0, 0.1) is 9.39 Å². The fourth-order valence-electron chi connectivity index (χ4n) is 3.93. The van der Waals surface area contributed by atoms with E-state index in [0.717, 1.165) is 19.0 Å². The molecular formula is C30H20BrFIN3O2. The quantitative estimate of drug-likeness (QED) is 0.109. The summed E-state index contributed by atoms with van der Waals surface area (Å²) in [7, 11) is 0. The number of halogens is 3. The monoisotopic (exact) mass is 679 g/mol. The molecule has 5 rings (SSSR count). The number of carbonyl (C=O) groups is 1. The summed E-state index contributed by atoms with van der Waals surface area (Å²) < 4.78 is 21.7. The number of nitrogens with one attached hydrogen (secondary N) is 1. The standard InChI is InChI=1S/C30H20BrFIN3O2/c31-22-14-21(29(26(33)15-22)38-18-20-10-4-6-12-25(20)32)17-34-36-30(37)24-16-28(19-8-2-1-3-9-19)35-27-13-7-5-11-23(24)27/h1-17H,18H2,(H,36,37)/b34-17-. The Morgan fingerprint density at radius 3 is 2.55 bits per heavy atom. The highest BCUT2D eigenvalue weighted by atomic mass is 127. The number of hydrogen-bond donors (Lipinski definition) is 1. The van der Waals surface area contributed by atoms with Crippen LogP contribution in [0.4, 0.5) is 4.39 Å². The van der Waals surface area contributed by atoms with Crippen LogP contribution in [0.1, 0.15) is 21.5 Å². The highest BCUT2D eigenvalue weighted by Crippen LogP contribution is 2.30. The zero-order valence-electron chi connectivity index (χ0n) is 19.9. The van der Waals surface area contributed by atoms with Crippen LogP contribution in [0.25, 0.3) is 22.2 Å². The maximum atomic E-state index is 14.1. The first-order chi connectivity index (χ1) is 18.5. The summed E-state index contributed by atoms with van der Waals surface area (Å²) in [5.74, 6) is -0.159. The zero-order chi connectivity index (χ0) is 26.5. The van der Waals surface area contributed by atoms with Gasteiger partial charge in [0.1, 0.15) is 18.2 Å². The zero-order valence-corrected chi connectivity index (χ0v) is 23.6. The summed E-state index contributed by atoms with van der Waals surface area (Å²) >= 11 is 5.64. The predicted molar refractivity (Wildman–Crippen MR) is 160 cm³/mol. The molecule has 4 aromatic carbocycles. The van der Waals surface area contributed by atoms with Gasteiger partial charge in [0.25, 0.3) is 5.91 Å². The lowest BCUT2D eigenvalue weighted by molar-refractivity contribution is 0.0956. The van der Waals surface area contributed by atoms with Crippen LogP contribution < -0.4 is 10.2 Å². The van der Waals surface area contributed by atoms with Gasteiger partial charge in [0.15, 0.2) is 0 Å². The maximum absolute atomic E-state index is 14.1. The van der Waals surface area contributed by atoms with Gasteiger partial charge in [0.2, 0.25) is 0 Å². The van der Waals surface area contributed by atoms with E-state index in [1.807, 2.05) is 66.7 Å². The van der Waals surface area contributed by atoms with Crippen molar-refractivity contribution in [1.82, 2.24) is 10.4 Å². The second kappa shape index (κ2) is 11.8. The van der Waals surface area contributed by atoms with Crippen molar-refractivity contribution in [2.24, 2.45) is 5.10 Å². The first-order valence-electron chi connectivity index (χ1n) is 11.6. The lowest BCUT2D eigenvalue weighted by Crippen LogP contribution is -2.18. The molecule has 0 unspecified atom stereocenters. The van der Waals surface area contributed by atoms with E-state index in [4.69, 9.17) is 9.72 Å². The number of para-hydroxylation sites is 1. The van der Waals surface area contributed by atoms with E-state index in [9.17, 15) is 9.18 Å². The molecule has 1 aromatic heterocycles. The average molecular weight is 680 g/mol. The van der Waals surface area contributed by atoms with E-state index in [2.05, 4.69) is 49.0 Å². The van der Waals surface area contributed by atoms with E-state index in [-0.39, 0.29) is 18.3 Å². The first-order valence-corrected chi connectivity index (χ1v) is 13.5. The number of ether oxygens (including phenoxy) is 1. The molecule has 188 valence electrons. The van der Waals surface area contributed by atoms with Crippen molar-refractivity contribution in [1.29, 1.82) is 0 Å². The number of nitrogens with zero attached hydrogens (tertiary/aromatic N) is 2. The number of aromatic nitrogens is 1. The molecule has 0 atom stereocenters. The smallest absolute Gasteiger partial charge is 0.272 e. The molecule has 0 fully saturated rings. The number of hydrogen-bond acceptors (Lipinski definition) is 4. The van der Waals surface area contributed by atoms with Gasteiger partial charge in [-0.3, -0.25) is 4.79 Å². The molecule has 0 radical (unpaired) electrons. The number of fused-ring (bicyclic) bond motifs is 1. The third-order valence-corrected chi connectivity index (χ3v) is 7.03. The fourth-order valence-corrected chi connectivity index (χ4v) is 5.64. The summed E-state index contributed by atoms with van der Waals surface area (Å²) in [6.45, 7) is 0.0583. The summed E-state index contributed by atoms with van der Waals surface area (Å²) in [5, 5.41) is 4.95. The van der Waals surface area contributed by atoms with Crippen LogP contribution >= 0.6 is 38.5 Å². The van der Waals surface area contributed by atoms with Crippen molar-refractivity contribution in [2.45, 2.75) is 6.61 Å². The van der Waals surface area contributed by atoms with Gasteiger partial charge >= 0.3 is 0 Å². The molecule has 1 amide bonds. The third kappa shape index (κ3) is 5.92. The predicted octanol–water partition coefficient (Wildman–Crippen LogP) is 7.75. The van der Waals surface area contributed by atoms with Crippen LogP contribution in [0.3, 0.4) is 0 Å². The molecule has 0 saturated heterocycles. The van der Waals surface area contributed by atoms with Crippen LogP contribution in [0.5, 0.6) is 5.75 Å². The van der Waals surface area contributed by atoms with Gasteiger partial charge < -0.3 is 4.74 Å². The molecule has 8 heteroatoms. The molecule has 0 bridgehead atoms. The van der Waals surface area contributed by atoms with E-state index in [1.54, 1.807) is 24.3 Å². The number of amides is 1. The summed E-state index contributed by atoms with van der Waals surface area (Å²) in [6.07, 6.45) is 1.52. The van der Waals surface area contributed by atoms with Crippen LogP contribution in [0.2, 0.25) is 0 Å². The van der Waals surface area contributed by atoms with E-state index in [0.29, 0.717) is 33.7 Å². The molecule has 1 N–H and O–H groups in total. The van der Waals surface area contributed by atoms with Gasteiger partial charge in [-0.15, -0.1) is 0 Å². The van der Waals surface area contributed by atoms with E-state index >= 15 is 0 Å². The molecule has 0 saturated carbocycles. The highest BCUT2D eigenvalue weighted by Gasteiger charge is 2.14. The molecule has 0 aliphatic carbocycles. The van der Waals surface area contributed by atoms with Gasteiger partial charge in [-0.1, -0.05) is 82.7 Å². The van der Waals surface area contributed by atoms with Crippen LogP contribution in [-0.4, -0.2) is 17.1 Å². The molecule has 0 aliphatic heterocycles. The Morgan fingerprint density at radius 2 is 1.74 bits per heavy atom. The number of carbonyl (C=O) groups excluding carboxylic acids is 1. The minimum Gasteiger partial charge on any atom is -0.487 e. The second-order valence-corrected chi connectivity index (χ2v) is 10.4. The van der Waals surface area contributed by atoms with Crippen molar-refractivity contribution >= 4 is 61.5 Å². The molecule has 1 heterocycles. The van der Waals surface area contributed by atoms with E-state index in [1.165, 1.54) is 12.3 Å². The molecule has 0 aliphatic rings. The number of benzene rings is 4. The normalized spacial score (nSPS) is 11.1. The summed E-state index contributed by atoms with van der Waals surface area (Å²) in [4.78, 5) is 18.0. The number of pyridine rings is 1. The van der Waals surface area contributed by atoms with E-state index < -0.39 is 0 Å². The molecular weight excluding hydrogens is 660 g/mol. The Bertz CT molecular complexity index is 1660. The van der Waals surface area contributed by atoms with Gasteiger partial charge in [0, 0.05) is 26.5 Å². The van der Waals surface area contributed by atoms with Crippen molar-refractivity contribution in [3.63, 3.8) is 0 Å². The molecule has 5 nitrogen and oxygen atoms in total. The third-order valence-electron chi connectivity index (χ3n) is 5.77. The van der Waals surface area contributed by atoms with Gasteiger partial charge in [-0.25, -0.2) is 14.8 Å². The minimum absolute atomic E-state index is 0.0583. The lowest BCUT2D eigenvalue weighted by Gasteiger charge is -2.13. The minimum atomic E-state index is -0.365. The lowest BCUT2D eigenvalue weighted by atomic mass is 10.0. The van der Waals surface area contributed by atoms with Crippen molar-refractivity contribution in [3.8, 4) is 17.0 Å². The summed E-state index contributed by atoms with van der Waals surface area (Å²) in [5.41, 5.74) is 6.50. The topological polar surface area (TPSA) is 63.6 Å². The SMILES string of the molecule is O=C(N/N=C\c1cc(Br)cc(I)c1OCc1ccccc1F)c1cc(-c2ccccc2)nc2ccccc12. The maximum Gasteiger partial charge on any atom is 0.272 e. The average Bonchev–Trinajstić information content (AvgIpc) is 2.93. The van der Waals surface area contributed by atoms with Crippen molar-refractivity contribution in [2.75, 3.05) is 0 Å². The Morgan fingerprint density at radius 1 is 1.00 bits per heavy atom. The number of rotatable bonds is 7. The highest BCUT2D eigenvalue weighted by molar-refractivity contribution is 14.1. The molecule has 0 spiro atoms. The van der Waals surface area contributed by atoms with Gasteiger partial charge in [-0.05, 0) is 52.9 Å². The molecule has 38 heavy (non-hydrogen) atoms. The largest absolute Gasteiger partial charge is 0.487 e.